The number of rotatable bonds is 15. The molecule has 0 fully saturated rings. The molecule has 0 radical (unpaired) electrons. The van der Waals surface area contributed by atoms with Crippen LogP contribution < -0.4 is 5.73 Å². The van der Waals surface area contributed by atoms with Crippen molar-refractivity contribution in [2.75, 3.05) is 13.1 Å². The molecule has 2 rings (SSSR count). The van der Waals surface area contributed by atoms with Gasteiger partial charge in [0.25, 0.3) is 0 Å². The molecule has 0 saturated carbocycles. The average Bonchev–Trinajstić information content (AvgIpc) is 2.75. The zero-order valence-corrected chi connectivity index (χ0v) is 19.5. The second-order valence-electron chi connectivity index (χ2n) is 8.22. The molecule has 0 bridgehead atoms. The molecule has 1 heterocycles. The first-order chi connectivity index (χ1) is 14.5. The zero-order chi connectivity index (χ0) is 21.8. The van der Waals surface area contributed by atoms with Crippen LogP contribution in [0.4, 0.5) is 0 Å². The molecule has 0 spiro atoms. The van der Waals surface area contributed by atoms with Gasteiger partial charge in [-0.1, -0.05) is 70.9 Å². The fourth-order valence-electron chi connectivity index (χ4n) is 3.81. The van der Waals surface area contributed by atoms with Crippen LogP contribution in [0.2, 0.25) is 0 Å². The number of aromatic nitrogens is 1. The van der Waals surface area contributed by atoms with Gasteiger partial charge in [0.1, 0.15) is 0 Å². The molecule has 30 heavy (non-hydrogen) atoms. The summed E-state index contributed by atoms with van der Waals surface area (Å²) < 4.78 is 28.8. The Labute approximate surface area is 183 Å². The highest BCUT2D eigenvalue weighted by Crippen LogP contribution is 2.26. The summed E-state index contributed by atoms with van der Waals surface area (Å²) in [5.74, 6) is 0. The van der Waals surface area contributed by atoms with Crippen LogP contribution in [0, 0.1) is 0 Å². The summed E-state index contributed by atoms with van der Waals surface area (Å²) >= 11 is 0. The van der Waals surface area contributed by atoms with Crippen LogP contribution >= 0.6 is 0 Å². The van der Waals surface area contributed by atoms with Crippen LogP contribution in [0.25, 0.3) is 10.8 Å². The third-order valence-electron chi connectivity index (χ3n) is 5.70. The molecule has 5 nitrogen and oxygen atoms in total. The van der Waals surface area contributed by atoms with E-state index >= 15 is 0 Å². The van der Waals surface area contributed by atoms with Gasteiger partial charge in [-0.3, -0.25) is 4.98 Å². The minimum absolute atomic E-state index is 0.0481. The van der Waals surface area contributed by atoms with Gasteiger partial charge in [-0.05, 0) is 31.4 Å². The van der Waals surface area contributed by atoms with Crippen LogP contribution in [-0.2, 0) is 10.0 Å². The molecule has 1 atom stereocenters. The van der Waals surface area contributed by atoms with Gasteiger partial charge < -0.3 is 5.73 Å². The van der Waals surface area contributed by atoms with Crippen LogP contribution in [-0.4, -0.2) is 36.8 Å². The van der Waals surface area contributed by atoms with Crippen molar-refractivity contribution in [1.29, 1.82) is 0 Å². The Bertz CT molecular complexity index is 849. The molecule has 1 unspecified atom stereocenters. The standard InChI is InChI=1S/C24H39N3O2S/c1-3-5-7-9-13-22(25)16-19-27(18-10-8-6-4-2)30(28,29)24-14-11-12-21-20-26-17-15-23(21)24/h11-12,14-15,17,20,22H,3-10,13,16,18-19,25H2,1-2H3. The number of hydrogen-bond donors (Lipinski definition) is 1. The van der Waals surface area contributed by atoms with Crippen molar-refractivity contribution in [2.45, 2.75) is 89.0 Å². The highest BCUT2D eigenvalue weighted by Gasteiger charge is 2.26. The Balaban J connectivity index is 2.13. The van der Waals surface area contributed by atoms with Crippen LogP contribution in [0.1, 0.15) is 78.1 Å². The topological polar surface area (TPSA) is 76.3 Å². The lowest BCUT2D eigenvalue weighted by atomic mass is 10.1. The Morgan fingerprint density at radius 3 is 2.40 bits per heavy atom. The lowest BCUT2D eigenvalue weighted by Gasteiger charge is -2.24. The second kappa shape index (κ2) is 13.0. The van der Waals surface area contributed by atoms with Gasteiger partial charge in [-0.15, -0.1) is 0 Å². The summed E-state index contributed by atoms with van der Waals surface area (Å²) in [5.41, 5.74) is 6.32. The van der Waals surface area contributed by atoms with E-state index in [0.717, 1.165) is 49.3 Å². The first-order valence-corrected chi connectivity index (χ1v) is 13.0. The Morgan fingerprint density at radius 2 is 1.67 bits per heavy atom. The van der Waals surface area contributed by atoms with Crippen molar-refractivity contribution in [3.63, 3.8) is 0 Å². The van der Waals surface area contributed by atoms with Gasteiger partial charge in [0.05, 0.1) is 4.90 Å². The molecule has 0 saturated heterocycles. The van der Waals surface area contributed by atoms with Crippen molar-refractivity contribution in [3.05, 3.63) is 36.7 Å². The van der Waals surface area contributed by atoms with Crippen molar-refractivity contribution < 1.29 is 8.42 Å². The number of benzene rings is 1. The van der Waals surface area contributed by atoms with Crippen molar-refractivity contribution >= 4 is 20.8 Å². The molecular formula is C24H39N3O2S. The molecule has 2 N–H and O–H groups in total. The van der Waals surface area contributed by atoms with Crippen LogP contribution in [0.3, 0.4) is 0 Å². The van der Waals surface area contributed by atoms with E-state index in [9.17, 15) is 8.42 Å². The summed E-state index contributed by atoms with van der Waals surface area (Å²) in [5, 5.41) is 1.58. The predicted octanol–water partition coefficient (Wildman–Crippen LogP) is 5.49. The van der Waals surface area contributed by atoms with Crippen molar-refractivity contribution in [1.82, 2.24) is 9.29 Å². The quantitative estimate of drug-likeness (QED) is 0.377. The number of nitrogens with two attached hydrogens (primary N) is 1. The predicted molar refractivity (Wildman–Crippen MR) is 126 cm³/mol. The number of nitrogens with zero attached hydrogens (tertiary/aromatic N) is 2. The van der Waals surface area contributed by atoms with E-state index in [1.54, 1.807) is 34.9 Å². The number of hydrogen-bond acceptors (Lipinski definition) is 4. The Morgan fingerprint density at radius 1 is 0.933 bits per heavy atom. The largest absolute Gasteiger partial charge is 0.328 e. The number of pyridine rings is 1. The Kier molecular flexibility index (Phi) is 10.8. The van der Waals surface area contributed by atoms with E-state index in [0.29, 0.717) is 24.4 Å². The van der Waals surface area contributed by atoms with E-state index < -0.39 is 10.0 Å². The van der Waals surface area contributed by atoms with Gasteiger partial charge in [0.15, 0.2) is 0 Å². The molecule has 168 valence electrons. The lowest BCUT2D eigenvalue weighted by Crippen LogP contribution is -2.36. The molecule has 6 heteroatoms. The van der Waals surface area contributed by atoms with Crippen LogP contribution in [0.5, 0.6) is 0 Å². The van der Waals surface area contributed by atoms with E-state index in [2.05, 4.69) is 18.8 Å². The summed E-state index contributed by atoms with van der Waals surface area (Å²) in [7, 11) is -3.59. The minimum Gasteiger partial charge on any atom is -0.328 e. The smallest absolute Gasteiger partial charge is 0.243 e. The monoisotopic (exact) mass is 433 g/mol. The maximum absolute atomic E-state index is 13.6. The lowest BCUT2D eigenvalue weighted by molar-refractivity contribution is 0.371. The first kappa shape index (κ1) is 24.8. The molecule has 2 aromatic rings. The first-order valence-electron chi connectivity index (χ1n) is 11.6. The van der Waals surface area contributed by atoms with Crippen molar-refractivity contribution in [2.24, 2.45) is 5.73 Å². The molecule has 0 aliphatic heterocycles. The van der Waals surface area contributed by atoms with E-state index in [1.807, 2.05) is 6.07 Å². The summed E-state index contributed by atoms with van der Waals surface area (Å²) in [6, 6.07) is 7.25. The summed E-state index contributed by atoms with van der Waals surface area (Å²) in [4.78, 5) is 4.50. The number of unbranched alkanes of at least 4 members (excludes halogenated alkanes) is 6. The summed E-state index contributed by atoms with van der Waals surface area (Å²) in [6.45, 7) is 5.39. The van der Waals surface area contributed by atoms with Gasteiger partial charge >= 0.3 is 0 Å². The van der Waals surface area contributed by atoms with Crippen molar-refractivity contribution in [3.8, 4) is 0 Å². The molecule has 1 aromatic heterocycles. The van der Waals surface area contributed by atoms with Gasteiger partial charge in [-0.2, -0.15) is 4.31 Å². The highest BCUT2D eigenvalue weighted by atomic mass is 32.2. The molecule has 0 amide bonds. The maximum Gasteiger partial charge on any atom is 0.243 e. The van der Waals surface area contributed by atoms with E-state index in [-0.39, 0.29) is 6.04 Å². The normalized spacial score (nSPS) is 13.2. The zero-order valence-electron chi connectivity index (χ0n) is 18.7. The van der Waals surface area contributed by atoms with E-state index in [1.165, 1.54) is 19.3 Å². The minimum atomic E-state index is -3.59. The fraction of sp³-hybridized carbons (Fsp3) is 0.625. The number of sulfonamides is 1. The van der Waals surface area contributed by atoms with Crippen LogP contribution in [0.15, 0.2) is 41.6 Å². The fourth-order valence-corrected chi connectivity index (χ4v) is 5.52. The van der Waals surface area contributed by atoms with Gasteiger partial charge in [0, 0.05) is 42.3 Å². The van der Waals surface area contributed by atoms with Gasteiger partial charge in [0.2, 0.25) is 10.0 Å². The number of fused-ring (bicyclic) bond motifs is 1. The molecular weight excluding hydrogens is 394 g/mol. The van der Waals surface area contributed by atoms with Gasteiger partial charge in [-0.25, -0.2) is 8.42 Å². The third kappa shape index (κ3) is 7.33. The second-order valence-corrected chi connectivity index (χ2v) is 10.1. The molecule has 1 aromatic carbocycles. The maximum atomic E-state index is 13.6. The molecule has 0 aliphatic carbocycles. The SMILES string of the molecule is CCCCCCC(N)CCN(CCCCCC)S(=O)(=O)c1cccc2cnccc12. The average molecular weight is 434 g/mol. The third-order valence-corrected chi connectivity index (χ3v) is 7.65. The molecule has 0 aliphatic rings. The Hall–Kier alpha value is -1.50. The highest BCUT2D eigenvalue weighted by molar-refractivity contribution is 7.89. The summed E-state index contributed by atoms with van der Waals surface area (Å²) in [6.07, 6.45) is 14.0. The van der Waals surface area contributed by atoms with E-state index in [4.69, 9.17) is 5.73 Å².